The molecule has 2 amide bonds. The Hall–Kier alpha value is -3.22. The van der Waals surface area contributed by atoms with Gasteiger partial charge in [0.1, 0.15) is 17.1 Å². The topological polar surface area (TPSA) is 188 Å². The Morgan fingerprint density at radius 3 is 2.64 bits per heavy atom. The van der Waals surface area contributed by atoms with Crippen LogP contribution in [0.5, 0.6) is 0 Å². The largest absolute Gasteiger partial charge is 0.425 e. The summed E-state index contributed by atoms with van der Waals surface area (Å²) < 4.78 is 13.3. The second kappa shape index (κ2) is 15.8. The minimum atomic E-state index is -1.12. The number of esters is 2. The quantitative estimate of drug-likeness (QED) is 0.125. The summed E-state index contributed by atoms with van der Waals surface area (Å²) in [5.41, 5.74) is 6.95. The Kier molecular flexibility index (Phi) is 11.8. The molecule has 3 atom stereocenters. The van der Waals surface area contributed by atoms with Crippen molar-refractivity contribution in [1.82, 2.24) is 40.3 Å². The van der Waals surface area contributed by atoms with Crippen molar-refractivity contribution in [3.05, 3.63) is 22.3 Å². The number of hydrogen-bond donors (Lipinski definition) is 2. The number of nitrogens with two attached hydrogens (primary N) is 1. The monoisotopic (exact) mass is 707 g/mol. The molecule has 1 unspecified atom stereocenters. The molecule has 0 radical (unpaired) electrons. The molecule has 3 aliphatic rings. The Balaban J connectivity index is 1.33. The molecule has 1 saturated heterocycles. The fourth-order valence-electron chi connectivity index (χ4n) is 5.47. The van der Waals surface area contributed by atoms with Crippen LogP contribution in [0.25, 0.3) is 0 Å². The Labute approximate surface area is 285 Å². The van der Waals surface area contributed by atoms with E-state index in [-0.39, 0.29) is 35.8 Å². The first-order valence-electron chi connectivity index (χ1n) is 15.6. The van der Waals surface area contributed by atoms with Gasteiger partial charge in [-0.15, -0.1) is 28.2 Å². The molecule has 2 aromatic rings. The summed E-state index contributed by atoms with van der Waals surface area (Å²) in [4.78, 5) is 60.8. The number of β-lactam (4-membered cyclic amide) rings is 1. The van der Waals surface area contributed by atoms with E-state index in [0.717, 1.165) is 38.6 Å². The van der Waals surface area contributed by atoms with Crippen LogP contribution in [0.3, 0.4) is 0 Å². The maximum atomic E-state index is 14.0. The molecular formula is C29H41N9O6S3. The zero-order valence-electron chi connectivity index (χ0n) is 26.9. The van der Waals surface area contributed by atoms with E-state index >= 15 is 0 Å². The van der Waals surface area contributed by atoms with Crippen LogP contribution in [-0.4, -0.2) is 109 Å². The number of thioether (sulfide) groups is 2. The third kappa shape index (κ3) is 8.63. The van der Waals surface area contributed by atoms with E-state index in [0.29, 0.717) is 39.6 Å². The number of nitrogens with one attached hydrogen (secondary N) is 1. The minimum Gasteiger partial charge on any atom is -0.425 e. The van der Waals surface area contributed by atoms with Gasteiger partial charge in [0.25, 0.3) is 5.91 Å². The van der Waals surface area contributed by atoms with Crippen molar-refractivity contribution in [3.8, 4) is 0 Å². The zero-order chi connectivity index (χ0) is 33.7. The number of amides is 2. The highest BCUT2D eigenvalue weighted by molar-refractivity contribution is 8.01. The second-order valence-corrected chi connectivity index (χ2v) is 15.3. The number of likely N-dealkylation sites (N-methyl/N-ethyl adjacent to an activating group) is 1. The van der Waals surface area contributed by atoms with Crippen LogP contribution in [0.4, 0.5) is 5.13 Å². The van der Waals surface area contributed by atoms with Gasteiger partial charge < -0.3 is 25.4 Å². The summed E-state index contributed by atoms with van der Waals surface area (Å²) >= 11 is 4.03. The second-order valence-electron chi connectivity index (χ2n) is 12.3. The van der Waals surface area contributed by atoms with Crippen molar-refractivity contribution in [3.63, 3.8) is 0 Å². The van der Waals surface area contributed by atoms with Crippen LogP contribution in [0.15, 0.2) is 21.8 Å². The minimum absolute atomic E-state index is 0.0214. The van der Waals surface area contributed by atoms with Gasteiger partial charge in [-0.2, -0.15) is 0 Å². The lowest BCUT2D eigenvalue weighted by Crippen LogP contribution is -2.70. The third-order valence-corrected chi connectivity index (χ3v) is 11.1. The van der Waals surface area contributed by atoms with Crippen LogP contribution in [0, 0.1) is 11.8 Å². The zero-order valence-corrected chi connectivity index (χ0v) is 29.4. The lowest BCUT2D eigenvalue weighted by molar-refractivity contribution is -0.198. The molecule has 1 aliphatic carbocycles. The molecule has 2 aromatic heterocycles. The van der Waals surface area contributed by atoms with Crippen LogP contribution in [0.2, 0.25) is 0 Å². The number of fused-ring (bicyclic) bond motifs is 1. The van der Waals surface area contributed by atoms with Gasteiger partial charge in [-0.1, -0.05) is 44.9 Å². The number of aromatic nitrogens is 5. The lowest BCUT2D eigenvalue weighted by Gasteiger charge is -2.49. The molecule has 47 heavy (non-hydrogen) atoms. The first-order valence-corrected chi connectivity index (χ1v) is 18.5. The van der Waals surface area contributed by atoms with Gasteiger partial charge in [-0.3, -0.25) is 19.3 Å². The Morgan fingerprint density at radius 2 is 1.96 bits per heavy atom. The lowest BCUT2D eigenvalue weighted by atomic mass is 9.89. The van der Waals surface area contributed by atoms with E-state index in [4.69, 9.17) is 15.2 Å². The van der Waals surface area contributed by atoms with E-state index in [1.165, 1.54) is 39.8 Å². The maximum Gasteiger partial charge on any atom is 0.358 e. The van der Waals surface area contributed by atoms with Crippen LogP contribution in [0.1, 0.15) is 51.6 Å². The van der Waals surface area contributed by atoms with Crippen molar-refractivity contribution in [2.24, 2.45) is 11.8 Å². The Bertz CT molecular complexity index is 1490. The molecule has 0 aromatic carbocycles. The van der Waals surface area contributed by atoms with Crippen LogP contribution in [-0.2, 0) is 41.6 Å². The number of carbonyl (C=O) groups excluding carboxylic acids is 4. The summed E-state index contributed by atoms with van der Waals surface area (Å²) in [6.45, 7) is 4.92. The molecule has 5 rings (SSSR count). The van der Waals surface area contributed by atoms with E-state index < -0.39 is 29.6 Å². The van der Waals surface area contributed by atoms with Gasteiger partial charge in [-0.05, 0) is 42.9 Å². The number of carbonyl (C=O) groups is 4. The van der Waals surface area contributed by atoms with Gasteiger partial charge in [-0.25, -0.2) is 14.5 Å². The average Bonchev–Trinajstić information content (AvgIpc) is 3.68. The summed E-state index contributed by atoms with van der Waals surface area (Å²) in [7, 11) is 3.92. The fraction of sp³-hybridized carbons (Fsp3) is 0.655. The number of hydrogen-bond acceptors (Lipinski definition) is 15. The molecule has 256 valence electrons. The maximum absolute atomic E-state index is 14.0. The van der Waals surface area contributed by atoms with E-state index in [2.05, 4.69) is 25.8 Å². The number of ether oxygens (including phenoxy) is 2. The molecule has 2 fully saturated rings. The predicted octanol–water partition coefficient (Wildman–Crippen LogP) is 1.91. The third-order valence-electron chi connectivity index (χ3n) is 8.04. The van der Waals surface area contributed by atoms with Crippen molar-refractivity contribution in [1.29, 1.82) is 0 Å². The smallest absolute Gasteiger partial charge is 0.358 e. The first kappa shape index (κ1) is 35.1. The van der Waals surface area contributed by atoms with E-state index in [1.54, 1.807) is 23.9 Å². The molecule has 1 saturated carbocycles. The van der Waals surface area contributed by atoms with E-state index in [9.17, 15) is 19.2 Å². The normalized spacial score (nSPS) is 20.6. The van der Waals surface area contributed by atoms with Crippen molar-refractivity contribution < 1.29 is 28.7 Å². The van der Waals surface area contributed by atoms with Gasteiger partial charge in [0, 0.05) is 29.3 Å². The molecule has 4 heterocycles. The summed E-state index contributed by atoms with van der Waals surface area (Å²) in [5, 5.41) is 16.9. The van der Waals surface area contributed by atoms with E-state index in [1.807, 2.05) is 19.0 Å². The number of nitrogens with zero attached hydrogens (tertiary/aromatic N) is 7. The first-order chi connectivity index (χ1) is 22.5. The number of anilines is 1. The standard InChI is InChI=1S/C29H41N9O6S3/c1-16(2)27(43-25(41)17-8-6-5-7-9-17)44-26(42)22-18(14-47-29-33-34-35-37(29)11-10-36(3)4)13-45-24-21(23(40)38(22)24)32-20(39)12-19-15-46-28(30)31-19/h15-17,21,24,27H,5-14H2,1-4H3,(H2,30,31)(H,32,39)/t21-,24-,27?/m1/s1. The van der Waals surface area contributed by atoms with Crippen molar-refractivity contribution >= 4 is 63.7 Å². The van der Waals surface area contributed by atoms with Crippen molar-refractivity contribution in [2.75, 3.05) is 37.9 Å². The highest BCUT2D eigenvalue weighted by atomic mass is 32.2. The van der Waals surface area contributed by atoms with Crippen LogP contribution < -0.4 is 11.1 Å². The van der Waals surface area contributed by atoms with Gasteiger partial charge in [0.15, 0.2) is 5.13 Å². The molecule has 0 spiro atoms. The molecule has 15 nitrogen and oxygen atoms in total. The molecule has 2 aliphatic heterocycles. The summed E-state index contributed by atoms with van der Waals surface area (Å²) in [6.07, 6.45) is 3.38. The SMILES string of the molecule is CC(C)C(OC(=O)C1=C(CSc2nnnn2CCN(C)C)CS[C@@H]2[C@H](NC(=O)Cc3csc(N)n3)C(=O)N12)OC(=O)C1CCCCC1. The fourth-order valence-corrected chi connectivity index (χ4v) is 8.42. The predicted molar refractivity (Wildman–Crippen MR) is 177 cm³/mol. The van der Waals surface area contributed by atoms with Gasteiger partial charge in [0.2, 0.25) is 17.4 Å². The molecule has 0 bridgehead atoms. The highest BCUT2D eigenvalue weighted by Gasteiger charge is 2.54. The molecular weight excluding hydrogens is 667 g/mol. The molecule has 18 heteroatoms. The summed E-state index contributed by atoms with van der Waals surface area (Å²) in [6, 6.07) is -0.830. The number of rotatable bonds is 14. The number of thiazole rings is 1. The van der Waals surface area contributed by atoms with Gasteiger partial charge >= 0.3 is 11.9 Å². The Morgan fingerprint density at radius 1 is 1.19 bits per heavy atom. The molecule has 3 N–H and O–H groups in total. The summed E-state index contributed by atoms with van der Waals surface area (Å²) in [5.74, 6) is -1.76. The van der Waals surface area contributed by atoms with Crippen molar-refractivity contribution in [2.45, 2.75) is 81.8 Å². The van der Waals surface area contributed by atoms with Gasteiger partial charge in [0.05, 0.1) is 24.6 Å². The number of tetrazole rings is 1. The average molecular weight is 708 g/mol. The number of nitrogen functional groups attached to an aromatic ring is 1. The highest BCUT2D eigenvalue weighted by Crippen LogP contribution is 2.42. The van der Waals surface area contributed by atoms with Crippen LogP contribution >= 0.6 is 34.9 Å².